The molecule has 3 aliphatic carbocycles. The molecule has 3 aromatic carbocycles. The first-order chi connectivity index (χ1) is 32.2. The van der Waals surface area contributed by atoms with Crippen LogP contribution in [0.3, 0.4) is 0 Å². The Kier molecular flexibility index (Phi) is 11.2. The van der Waals surface area contributed by atoms with Crippen molar-refractivity contribution in [1.29, 1.82) is 0 Å². The maximum atomic E-state index is 14.2. The van der Waals surface area contributed by atoms with E-state index in [0.717, 1.165) is 19.3 Å². The van der Waals surface area contributed by atoms with Crippen LogP contribution < -0.4 is 36.0 Å². The van der Waals surface area contributed by atoms with E-state index in [-0.39, 0.29) is 45.6 Å². The highest BCUT2D eigenvalue weighted by atomic mass is 16.7. The van der Waals surface area contributed by atoms with E-state index >= 15 is 0 Å². The minimum Gasteiger partial charge on any atom is -0.508 e. The number of phenols is 2. The summed E-state index contributed by atoms with van der Waals surface area (Å²) in [6.07, 6.45) is -2.18. The molecule has 19 heteroatoms. The molecule has 354 valence electrons. The molecule has 0 radical (unpaired) electrons. The number of benzene rings is 3. The number of aliphatic hydroxyl groups excluding tert-OH is 3. The monoisotopic (exact) mass is 924 g/mol. The van der Waals surface area contributed by atoms with E-state index in [1.54, 1.807) is 36.4 Å². The summed E-state index contributed by atoms with van der Waals surface area (Å²) in [4.78, 5) is 30.0. The molecule has 0 spiro atoms. The van der Waals surface area contributed by atoms with E-state index < -0.39 is 83.2 Å². The number of aromatic nitrogens is 1. The lowest BCUT2D eigenvalue weighted by Crippen LogP contribution is -2.79. The number of carbonyl (C=O) groups is 1. The van der Waals surface area contributed by atoms with Crippen LogP contribution in [0.5, 0.6) is 28.7 Å². The number of hydrogen-bond donors (Lipinski definition) is 12. The van der Waals surface area contributed by atoms with E-state index in [1.165, 1.54) is 36.4 Å². The van der Waals surface area contributed by atoms with Crippen molar-refractivity contribution in [3.8, 4) is 40.1 Å². The fourth-order valence-corrected chi connectivity index (χ4v) is 11.0. The van der Waals surface area contributed by atoms with Crippen LogP contribution in [0.1, 0.15) is 55.0 Å². The third kappa shape index (κ3) is 7.28. The summed E-state index contributed by atoms with van der Waals surface area (Å²) in [5.74, 6) is -3.54. The highest BCUT2D eigenvalue weighted by Gasteiger charge is 2.70. The number of aliphatic carboxylic acids is 1. The molecular formula is C48H52N4O15. The Bertz CT molecular complexity index is 2790. The van der Waals surface area contributed by atoms with Gasteiger partial charge in [-0.15, -0.1) is 0 Å². The van der Waals surface area contributed by atoms with Crippen LogP contribution in [-0.4, -0.2) is 113 Å². The number of anilines is 1. The average Bonchev–Trinajstić information content (AvgIpc) is 4.08. The van der Waals surface area contributed by atoms with Crippen molar-refractivity contribution >= 4 is 22.8 Å². The quantitative estimate of drug-likeness (QED) is 0.0800. The van der Waals surface area contributed by atoms with E-state index in [2.05, 4.69) is 15.6 Å². The molecule has 2 aliphatic heterocycles. The Balaban J connectivity index is 1.07. The first-order valence-electron chi connectivity index (χ1n) is 22.3. The summed E-state index contributed by atoms with van der Waals surface area (Å²) < 4.78 is 31.6. The molecule has 4 heterocycles. The number of ether oxygens (including phenoxy) is 4. The van der Waals surface area contributed by atoms with Crippen molar-refractivity contribution in [3.05, 3.63) is 106 Å². The van der Waals surface area contributed by atoms with Gasteiger partial charge in [0.25, 0.3) is 0 Å². The van der Waals surface area contributed by atoms with Gasteiger partial charge in [-0.1, -0.05) is 18.2 Å². The molecule has 11 unspecified atom stereocenters. The van der Waals surface area contributed by atoms with Gasteiger partial charge in [0.2, 0.25) is 12.0 Å². The Morgan fingerprint density at radius 2 is 1.82 bits per heavy atom. The second-order valence-corrected chi connectivity index (χ2v) is 18.2. The average molecular weight is 925 g/mol. The third-order valence-electron chi connectivity index (χ3n) is 14.3. The highest BCUT2D eigenvalue weighted by molar-refractivity contribution is 5.90. The number of nitrogens with one attached hydrogen (secondary N) is 3. The minimum absolute atomic E-state index is 0.0292. The maximum absolute atomic E-state index is 14.2. The van der Waals surface area contributed by atoms with Crippen LogP contribution in [0, 0.1) is 11.8 Å². The molecule has 13 N–H and O–H groups in total. The van der Waals surface area contributed by atoms with Gasteiger partial charge in [0.1, 0.15) is 57.5 Å². The lowest BCUT2D eigenvalue weighted by molar-refractivity contribution is -0.342. The Hall–Kier alpha value is -6.16. The van der Waals surface area contributed by atoms with Gasteiger partial charge in [-0.25, -0.2) is 4.79 Å². The molecule has 11 atom stereocenters. The van der Waals surface area contributed by atoms with Crippen molar-refractivity contribution < 1.29 is 69.0 Å². The van der Waals surface area contributed by atoms with Crippen LogP contribution in [-0.2, 0) is 21.6 Å². The SMILES string of the molecule is Nc1ccc(C(O)C(CO)Oc2ccc(-c3cc(=O)c4c(O)c(OC56CCCC5CCCc5c(O)cccc56)c(OC5OC(C(=O)O)C6(O)C(C7CNCN7)C=CC5(O)C6O)cc4o3)cc2)[nH]1. The summed E-state index contributed by atoms with van der Waals surface area (Å²) in [7, 11) is 0. The van der Waals surface area contributed by atoms with E-state index in [0.29, 0.717) is 60.7 Å². The fraction of sp³-hybridized carbons (Fsp3) is 0.417. The van der Waals surface area contributed by atoms with Crippen molar-refractivity contribution in [1.82, 2.24) is 15.6 Å². The zero-order valence-electron chi connectivity index (χ0n) is 36.0. The van der Waals surface area contributed by atoms with Crippen molar-refractivity contribution in [2.24, 2.45) is 11.8 Å². The highest BCUT2D eigenvalue weighted by Crippen LogP contribution is 2.57. The zero-order chi connectivity index (χ0) is 47.0. The van der Waals surface area contributed by atoms with Gasteiger partial charge in [-0.3, -0.25) is 10.1 Å². The van der Waals surface area contributed by atoms with E-state index in [1.807, 2.05) is 6.07 Å². The van der Waals surface area contributed by atoms with Crippen molar-refractivity contribution in [2.45, 2.75) is 92.1 Å². The molecule has 10 rings (SSSR count). The summed E-state index contributed by atoms with van der Waals surface area (Å²) in [6, 6.07) is 16.4. The van der Waals surface area contributed by atoms with Crippen LogP contribution in [0.2, 0.25) is 0 Å². The van der Waals surface area contributed by atoms with Crippen LogP contribution in [0.4, 0.5) is 5.82 Å². The molecule has 2 saturated heterocycles. The standard InChI is InChI=1S/C48H52N4O15/c49-37-14-13-29(52-37)39(56)36(21-53)63-25-11-9-23(10-12-25)33-18-32(55)38-34(64-33)19-35(41(40(38)57)67-47-16-3-5-24(47)4-1-6-26-27(47)7-2-8-31(26)54)65-45-46(61)17-15-28(30-20-50-22-51-30)48(62,44(46)60)42(66-45)43(58)59/h2,7-15,17-19,24,28,30,36,39,42,44-45,50-54,56-57,60-62H,1,3-6,16,20-22,49H2,(H,58,59). The van der Waals surface area contributed by atoms with Crippen molar-refractivity contribution in [3.63, 3.8) is 0 Å². The molecule has 5 aliphatic rings. The number of hydrogen-bond acceptors (Lipinski definition) is 17. The zero-order valence-corrected chi connectivity index (χ0v) is 36.0. The molecule has 5 aromatic rings. The van der Waals surface area contributed by atoms with Crippen molar-refractivity contribution in [2.75, 3.05) is 25.6 Å². The lowest BCUT2D eigenvalue weighted by Gasteiger charge is -2.56. The maximum Gasteiger partial charge on any atom is 0.336 e. The Morgan fingerprint density at radius 1 is 1.03 bits per heavy atom. The summed E-state index contributed by atoms with van der Waals surface area (Å²) >= 11 is 0. The number of carboxylic acid groups (broad SMARTS) is 1. The molecule has 2 aromatic heterocycles. The topological polar surface area (TPSA) is 312 Å². The predicted molar refractivity (Wildman–Crippen MR) is 237 cm³/mol. The largest absolute Gasteiger partial charge is 0.508 e. The predicted octanol–water partition coefficient (Wildman–Crippen LogP) is 2.38. The second kappa shape index (κ2) is 16.9. The number of aromatic amines is 1. The number of fused-ring (bicyclic) bond motifs is 6. The number of H-pyrrole nitrogens is 1. The second-order valence-electron chi connectivity index (χ2n) is 18.2. The van der Waals surface area contributed by atoms with E-state index in [4.69, 9.17) is 29.1 Å². The van der Waals surface area contributed by atoms with E-state index in [9.17, 15) is 50.4 Å². The normalized spacial score (nSPS) is 30.8. The molecule has 2 bridgehead atoms. The number of phenolic OH excluding ortho intramolecular Hbond substituents is 2. The number of nitrogen functional groups attached to an aromatic ring is 1. The van der Waals surface area contributed by atoms with Crippen LogP contribution >= 0.6 is 0 Å². The molecule has 3 fully saturated rings. The van der Waals surface area contributed by atoms with Crippen LogP contribution in [0.25, 0.3) is 22.3 Å². The summed E-state index contributed by atoms with van der Waals surface area (Å²) in [6.45, 7) is 0.139. The number of aromatic hydroxyl groups is 2. The first-order valence-corrected chi connectivity index (χ1v) is 22.3. The first kappa shape index (κ1) is 44.7. The number of nitrogens with two attached hydrogens (primary N) is 1. The number of aliphatic hydroxyl groups is 5. The van der Waals surface area contributed by atoms with Gasteiger partial charge in [-0.05, 0) is 87.1 Å². The number of rotatable bonds is 12. The smallest absolute Gasteiger partial charge is 0.336 e. The Morgan fingerprint density at radius 3 is 2.54 bits per heavy atom. The fourth-order valence-electron chi connectivity index (χ4n) is 11.0. The van der Waals surface area contributed by atoms with Gasteiger partial charge in [-0.2, -0.15) is 0 Å². The number of carboxylic acids is 1. The minimum atomic E-state index is -2.58. The van der Waals surface area contributed by atoms with Gasteiger partial charge in [0.05, 0.1) is 6.61 Å². The molecule has 1 saturated carbocycles. The molecular weight excluding hydrogens is 873 g/mol. The van der Waals surface area contributed by atoms with Gasteiger partial charge < -0.3 is 80.3 Å². The Labute approximate surface area is 382 Å². The third-order valence-corrected chi connectivity index (χ3v) is 14.3. The summed E-state index contributed by atoms with van der Waals surface area (Å²) in [5.41, 5.74) is 0.640. The molecule has 67 heavy (non-hydrogen) atoms. The molecule has 0 amide bonds. The molecule has 19 nitrogen and oxygen atoms in total. The van der Waals surface area contributed by atoms with Gasteiger partial charge in [0.15, 0.2) is 34.7 Å². The van der Waals surface area contributed by atoms with Gasteiger partial charge >= 0.3 is 5.97 Å². The van der Waals surface area contributed by atoms with Gasteiger partial charge in [0, 0.05) is 65.6 Å². The lowest BCUT2D eigenvalue weighted by atomic mass is 9.63. The van der Waals surface area contributed by atoms with Crippen LogP contribution in [0.15, 0.2) is 88.1 Å². The summed E-state index contributed by atoms with van der Waals surface area (Å²) in [5, 5.41) is 96.9.